The van der Waals surface area contributed by atoms with Gasteiger partial charge >= 0.3 is 0 Å². The summed E-state index contributed by atoms with van der Waals surface area (Å²) in [5, 5.41) is 26.7. The smallest absolute Gasteiger partial charge is 0.299 e. The minimum absolute atomic E-state index is 0.0472. The molecule has 0 radical (unpaired) electrons. The molecule has 0 saturated carbocycles. The van der Waals surface area contributed by atoms with E-state index in [9.17, 15) is 20.2 Å². The van der Waals surface area contributed by atoms with Gasteiger partial charge in [-0.05, 0) is 17.2 Å². The Morgan fingerprint density at radius 1 is 0.756 bits per heavy atom. The third-order valence-corrected chi connectivity index (χ3v) is 7.66. The number of nitro benzene ring substituents is 2. The summed E-state index contributed by atoms with van der Waals surface area (Å²) in [4.78, 5) is 22.1. The number of hydrogen-bond acceptors (Lipinski definition) is 10. The van der Waals surface area contributed by atoms with E-state index in [2.05, 4.69) is 5.32 Å². The highest BCUT2D eigenvalue weighted by molar-refractivity contribution is 5.66. The van der Waals surface area contributed by atoms with E-state index in [4.69, 9.17) is 23.7 Å². The van der Waals surface area contributed by atoms with Gasteiger partial charge in [-0.15, -0.1) is 0 Å². The summed E-state index contributed by atoms with van der Waals surface area (Å²) in [6.07, 6.45) is -3.68. The highest BCUT2D eigenvalue weighted by Crippen LogP contribution is 2.39. The summed E-state index contributed by atoms with van der Waals surface area (Å²) in [7, 11) is 0. The van der Waals surface area contributed by atoms with Gasteiger partial charge in [0.25, 0.3) is 11.4 Å². The number of rotatable bonds is 11. The van der Waals surface area contributed by atoms with Gasteiger partial charge < -0.3 is 29.0 Å². The second-order valence-corrected chi connectivity index (χ2v) is 10.7. The lowest BCUT2D eigenvalue weighted by Gasteiger charge is -2.49. The maximum atomic E-state index is 12.1. The number of nitrogens with one attached hydrogen (secondary N) is 1. The van der Waals surface area contributed by atoms with Gasteiger partial charge in [0, 0.05) is 11.6 Å². The average molecular weight is 614 g/mol. The highest BCUT2D eigenvalue weighted by Gasteiger charge is 2.51. The summed E-state index contributed by atoms with van der Waals surface area (Å²) >= 11 is 0. The van der Waals surface area contributed by atoms with E-state index >= 15 is 0 Å². The molecular weight excluding hydrogens is 582 g/mol. The van der Waals surface area contributed by atoms with Gasteiger partial charge in [0.2, 0.25) is 0 Å². The molecule has 2 heterocycles. The van der Waals surface area contributed by atoms with E-state index in [1.807, 2.05) is 91.0 Å². The molecule has 0 bridgehead atoms. The molecule has 2 aliphatic heterocycles. The van der Waals surface area contributed by atoms with Gasteiger partial charge in [0.15, 0.2) is 12.6 Å². The molecule has 12 heteroatoms. The quantitative estimate of drug-likeness (QED) is 0.160. The van der Waals surface area contributed by atoms with Crippen LogP contribution in [-0.2, 0) is 36.9 Å². The minimum atomic E-state index is -0.970. The second-order valence-electron chi connectivity index (χ2n) is 10.7. The van der Waals surface area contributed by atoms with Crippen molar-refractivity contribution >= 4 is 17.1 Å². The van der Waals surface area contributed by atoms with Crippen LogP contribution in [0.1, 0.15) is 23.0 Å². The van der Waals surface area contributed by atoms with Gasteiger partial charge in [0.1, 0.15) is 30.0 Å². The number of anilines is 1. The van der Waals surface area contributed by atoms with E-state index in [0.717, 1.165) is 22.8 Å². The Labute approximate surface area is 258 Å². The zero-order valence-corrected chi connectivity index (χ0v) is 24.0. The molecule has 0 aliphatic carbocycles. The van der Waals surface area contributed by atoms with Crippen LogP contribution in [0.15, 0.2) is 109 Å². The van der Waals surface area contributed by atoms with Crippen LogP contribution in [-0.4, -0.2) is 47.1 Å². The lowest BCUT2D eigenvalue weighted by Crippen LogP contribution is -2.65. The van der Waals surface area contributed by atoms with E-state index in [1.54, 1.807) is 0 Å². The summed E-state index contributed by atoms with van der Waals surface area (Å²) in [5.41, 5.74) is 1.80. The average Bonchev–Trinajstić information content (AvgIpc) is 3.08. The largest absolute Gasteiger partial charge is 0.369 e. The van der Waals surface area contributed by atoms with E-state index in [1.165, 1.54) is 12.1 Å². The van der Waals surface area contributed by atoms with Crippen molar-refractivity contribution in [2.45, 2.75) is 50.1 Å². The first-order valence-corrected chi connectivity index (χ1v) is 14.4. The van der Waals surface area contributed by atoms with Crippen LogP contribution in [0.5, 0.6) is 0 Å². The summed E-state index contributed by atoms with van der Waals surface area (Å²) in [6, 6.07) is 31.2. The van der Waals surface area contributed by atoms with Gasteiger partial charge in [-0.1, -0.05) is 91.0 Å². The Balaban J connectivity index is 1.36. The Morgan fingerprint density at radius 2 is 1.38 bits per heavy atom. The number of nitrogens with zero attached hydrogens (tertiary/aromatic N) is 2. The molecule has 0 amide bonds. The van der Waals surface area contributed by atoms with Crippen LogP contribution >= 0.6 is 0 Å². The van der Waals surface area contributed by atoms with Crippen molar-refractivity contribution in [1.82, 2.24) is 0 Å². The third kappa shape index (κ3) is 7.17. The number of fused-ring (bicyclic) bond motifs is 1. The molecule has 1 unspecified atom stereocenters. The zero-order valence-electron chi connectivity index (χ0n) is 24.0. The lowest BCUT2D eigenvalue weighted by molar-refractivity contribution is -0.393. The van der Waals surface area contributed by atoms with Crippen LogP contribution in [0, 0.1) is 20.2 Å². The first-order valence-electron chi connectivity index (χ1n) is 14.4. The number of hydrogen-bond donors (Lipinski definition) is 1. The standard InChI is InChI=1S/C33H31N3O9/c37-35(38)25-16-17-26(27(18-25)36(39)40)34-29-31(41-19-22-10-4-1-5-11-22)30-28(21-43-32(45-30)24-14-8-3-9-15-24)44-33(29)42-20-23-12-6-2-7-13-23/h1-18,28-34H,19-21H2/t28-,29-,30-,31-,32?,33-/m1/s1. The van der Waals surface area contributed by atoms with Crippen molar-refractivity contribution in [1.29, 1.82) is 0 Å². The molecule has 4 aromatic carbocycles. The first-order chi connectivity index (χ1) is 22.0. The Kier molecular flexibility index (Phi) is 9.38. The van der Waals surface area contributed by atoms with E-state index < -0.39 is 58.2 Å². The van der Waals surface area contributed by atoms with Gasteiger partial charge in [-0.3, -0.25) is 20.2 Å². The molecule has 232 valence electrons. The van der Waals surface area contributed by atoms with Gasteiger partial charge in [-0.25, -0.2) is 0 Å². The molecule has 6 atom stereocenters. The van der Waals surface area contributed by atoms with Crippen molar-refractivity contribution in [3.63, 3.8) is 0 Å². The minimum Gasteiger partial charge on any atom is -0.369 e. The second kappa shape index (κ2) is 13.9. The van der Waals surface area contributed by atoms with Crippen LogP contribution in [0.2, 0.25) is 0 Å². The first kappa shape index (κ1) is 30.3. The lowest BCUT2D eigenvalue weighted by atomic mass is 9.94. The number of non-ortho nitro benzene ring substituents is 1. The highest BCUT2D eigenvalue weighted by atomic mass is 16.8. The van der Waals surface area contributed by atoms with Crippen LogP contribution < -0.4 is 5.32 Å². The van der Waals surface area contributed by atoms with E-state index in [0.29, 0.717) is 0 Å². The molecule has 2 fully saturated rings. The maximum absolute atomic E-state index is 12.1. The predicted molar refractivity (Wildman–Crippen MR) is 162 cm³/mol. The molecule has 0 aromatic heterocycles. The molecule has 4 aromatic rings. The summed E-state index contributed by atoms with van der Waals surface area (Å²) in [5.74, 6) is 0. The third-order valence-electron chi connectivity index (χ3n) is 7.66. The zero-order chi connectivity index (χ0) is 31.2. The molecule has 2 saturated heterocycles. The molecule has 0 spiro atoms. The molecular formula is C33H31N3O9. The van der Waals surface area contributed by atoms with Crippen LogP contribution in [0.3, 0.4) is 0 Å². The number of ether oxygens (including phenoxy) is 5. The Hall–Kier alpha value is -4.72. The van der Waals surface area contributed by atoms with Crippen molar-refractivity contribution in [2.24, 2.45) is 0 Å². The Bertz CT molecular complexity index is 1590. The van der Waals surface area contributed by atoms with Crippen molar-refractivity contribution in [2.75, 3.05) is 11.9 Å². The van der Waals surface area contributed by atoms with Crippen molar-refractivity contribution in [3.8, 4) is 0 Å². The van der Waals surface area contributed by atoms with E-state index in [-0.39, 0.29) is 25.5 Å². The molecule has 2 aliphatic rings. The van der Waals surface area contributed by atoms with Gasteiger partial charge in [-0.2, -0.15) is 0 Å². The fraction of sp³-hybridized carbons (Fsp3) is 0.273. The predicted octanol–water partition coefficient (Wildman–Crippen LogP) is 5.92. The fourth-order valence-electron chi connectivity index (χ4n) is 5.45. The SMILES string of the molecule is O=[N+]([O-])c1ccc(N[C@H]2[C@H](OCc3ccccc3)O[C@@H]3COC(c4ccccc4)O[C@H]3[C@@H]2OCc2ccccc2)c([N+](=O)[O-])c1. The molecule has 1 N–H and O–H groups in total. The van der Waals surface area contributed by atoms with Gasteiger partial charge in [0.05, 0.1) is 35.7 Å². The summed E-state index contributed by atoms with van der Waals surface area (Å²) < 4.78 is 31.9. The Morgan fingerprint density at radius 3 is 2.00 bits per heavy atom. The topological polar surface area (TPSA) is 144 Å². The van der Waals surface area contributed by atoms with Crippen LogP contribution in [0.4, 0.5) is 17.1 Å². The monoisotopic (exact) mass is 613 g/mol. The van der Waals surface area contributed by atoms with Crippen molar-refractivity contribution < 1.29 is 33.5 Å². The number of nitro groups is 2. The van der Waals surface area contributed by atoms with Crippen molar-refractivity contribution in [3.05, 3.63) is 146 Å². The normalized spacial score (nSPS) is 24.4. The van der Waals surface area contributed by atoms with Crippen LogP contribution in [0.25, 0.3) is 0 Å². The molecule has 12 nitrogen and oxygen atoms in total. The number of benzene rings is 4. The fourth-order valence-corrected chi connectivity index (χ4v) is 5.45. The maximum Gasteiger partial charge on any atom is 0.299 e. The molecule has 45 heavy (non-hydrogen) atoms. The molecule has 6 rings (SSSR count). The summed E-state index contributed by atoms with van der Waals surface area (Å²) in [6.45, 7) is 0.578.